The van der Waals surface area contributed by atoms with Crippen molar-refractivity contribution in [3.05, 3.63) is 23.8 Å². The highest BCUT2D eigenvalue weighted by molar-refractivity contribution is 5.66. The van der Waals surface area contributed by atoms with E-state index in [-0.39, 0.29) is 17.5 Å². The van der Waals surface area contributed by atoms with E-state index >= 15 is 0 Å². The summed E-state index contributed by atoms with van der Waals surface area (Å²) in [6.07, 6.45) is 4.29. The van der Waals surface area contributed by atoms with Crippen molar-refractivity contribution < 1.29 is 13.5 Å². The van der Waals surface area contributed by atoms with E-state index in [9.17, 15) is 8.78 Å². The highest BCUT2D eigenvalue weighted by Crippen LogP contribution is 2.25. The predicted molar refractivity (Wildman–Crippen MR) is 67.5 cm³/mol. The second kappa shape index (κ2) is 6.00. The number of rotatable bonds is 4. The van der Waals surface area contributed by atoms with Gasteiger partial charge in [-0.2, -0.15) is 0 Å². The van der Waals surface area contributed by atoms with Crippen molar-refractivity contribution in [3.8, 4) is 0 Å². The van der Waals surface area contributed by atoms with Gasteiger partial charge in [0.15, 0.2) is 11.6 Å². The van der Waals surface area contributed by atoms with Crippen LogP contribution in [0.15, 0.2) is 12.1 Å². The maximum atomic E-state index is 13.5. The van der Waals surface area contributed by atoms with Crippen LogP contribution < -0.4 is 11.1 Å². The molecule has 0 aliphatic carbocycles. The van der Waals surface area contributed by atoms with Gasteiger partial charge in [0.05, 0.1) is 17.5 Å². The minimum Gasteiger partial charge on any atom is -0.397 e. The van der Waals surface area contributed by atoms with Crippen molar-refractivity contribution in [1.82, 2.24) is 0 Å². The van der Waals surface area contributed by atoms with Gasteiger partial charge in [0.25, 0.3) is 0 Å². The van der Waals surface area contributed by atoms with E-state index in [2.05, 4.69) is 5.32 Å². The van der Waals surface area contributed by atoms with Gasteiger partial charge in [-0.05, 0) is 37.8 Å². The first kappa shape index (κ1) is 13.1. The normalized spacial score (nSPS) is 19.8. The van der Waals surface area contributed by atoms with Crippen molar-refractivity contribution >= 4 is 11.4 Å². The molecule has 3 N–H and O–H groups in total. The summed E-state index contributed by atoms with van der Waals surface area (Å²) in [5, 5.41) is 2.85. The van der Waals surface area contributed by atoms with Crippen LogP contribution in [0.25, 0.3) is 0 Å². The summed E-state index contributed by atoms with van der Waals surface area (Å²) in [7, 11) is 0. The Balaban J connectivity index is 1.88. The van der Waals surface area contributed by atoms with Crippen molar-refractivity contribution in [1.29, 1.82) is 0 Å². The topological polar surface area (TPSA) is 47.3 Å². The van der Waals surface area contributed by atoms with E-state index in [1.165, 1.54) is 12.5 Å². The first-order chi connectivity index (χ1) is 8.68. The molecule has 1 heterocycles. The lowest BCUT2D eigenvalue weighted by Gasteiger charge is -2.23. The summed E-state index contributed by atoms with van der Waals surface area (Å²) in [6.45, 7) is 1.32. The van der Waals surface area contributed by atoms with E-state index in [1.54, 1.807) is 0 Å². The molecule has 1 aliphatic heterocycles. The number of halogens is 2. The summed E-state index contributed by atoms with van der Waals surface area (Å²) >= 11 is 0. The first-order valence-electron chi connectivity index (χ1n) is 6.27. The number of ether oxygens (including phenoxy) is 1. The molecule has 100 valence electrons. The van der Waals surface area contributed by atoms with Crippen LogP contribution in [0.1, 0.15) is 25.7 Å². The van der Waals surface area contributed by atoms with Gasteiger partial charge in [-0.1, -0.05) is 0 Å². The summed E-state index contributed by atoms with van der Waals surface area (Å²) < 4.78 is 32.1. The third kappa shape index (κ3) is 3.10. The van der Waals surface area contributed by atoms with Crippen LogP contribution in [0.3, 0.4) is 0 Å². The molecule has 3 nitrogen and oxygen atoms in total. The molecule has 1 aromatic carbocycles. The van der Waals surface area contributed by atoms with Gasteiger partial charge in [0, 0.05) is 13.2 Å². The molecular weight excluding hydrogens is 238 g/mol. The number of nitrogen functional groups attached to an aromatic ring is 1. The Morgan fingerprint density at radius 1 is 1.33 bits per heavy atom. The third-order valence-electron chi connectivity index (χ3n) is 3.17. The molecule has 0 bridgehead atoms. The molecule has 1 saturated heterocycles. The zero-order valence-corrected chi connectivity index (χ0v) is 10.2. The van der Waals surface area contributed by atoms with Gasteiger partial charge in [0.2, 0.25) is 0 Å². The van der Waals surface area contributed by atoms with Gasteiger partial charge in [-0.3, -0.25) is 0 Å². The summed E-state index contributed by atoms with van der Waals surface area (Å²) in [5.74, 6) is -1.81. The van der Waals surface area contributed by atoms with E-state index in [0.29, 0.717) is 6.54 Å². The van der Waals surface area contributed by atoms with E-state index in [4.69, 9.17) is 10.5 Å². The number of hydrogen-bond donors (Lipinski definition) is 2. The molecule has 0 amide bonds. The molecular formula is C13H18F2N2O. The Bertz CT molecular complexity index is 406. The smallest absolute Gasteiger partial charge is 0.183 e. The van der Waals surface area contributed by atoms with Gasteiger partial charge in [0.1, 0.15) is 0 Å². The maximum Gasteiger partial charge on any atom is 0.183 e. The summed E-state index contributed by atoms with van der Waals surface area (Å²) in [6, 6.07) is 2.39. The zero-order chi connectivity index (χ0) is 13.0. The molecule has 0 saturated carbocycles. The van der Waals surface area contributed by atoms with Gasteiger partial charge < -0.3 is 15.8 Å². The fourth-order valence-corrected chi connectivity index (χ4v) is 2.14. The summed E-state index contributed by atoms with van der Waals surface area (Å²) in [5.41, 5.74) is 5.88. The molecule has 1 unspecified atom stereocenters. The first-order valence-corrected chi connectivity index (χ1v) is 6.27. The average Bonchev–Trinajstić information content (AvgIpc) is 2.39. The Kier molecular flexibility index (Phi) is 4.36. The monoisotopic (exact) mass is 256 g/mol. The van der Waals surface area contributed by atoms with Crippen LogP contribution in [0.5, 0.6) is 0 Å². The van der Waals surface area contributed by atoms with E-state index in [0.717, 1.165) is 31.9 Å². The number of anilines is 2. The quantitative estimate of drug-likeness (QED) is 0.814. The van der Waals surface area contributed by atoms with Gasteiger partial charge >= 0.3 is 0 Å². The lowest BCUT2D eigenvalue weighted by molar-refractivity contribution is 0.0134. The Labute approximate surface area is 105 Å². The van der Waals surface area contributed by atoms with Crippen molar-refractivity contribution in [3.63, 3.8) is 0 Å². The van der Waals surface area contributed by atoms with Crippen LogP contribution in [-0.2, 0) is 4.74 Å². The summed E-state index contributed by atoms with van der Waals surface area (Å²) in [4.78, 5) is 0. The van der Waals surface area contributed by atoms with Gasteiger partial charge in [-0.25, -0.2) is 8.78 Å². The van der Waals surface area contributed by atoms with Crippen LogP contribution in [0, 0.1) is 11.6 Å². The highest BCUT2D eigenvalue weighted by atomic mass is 19.2. The standard InChI is InChI=1S/C13H18F2N2O/c14-10-4-5-11(16)13(12(10)15)17-7-6-9-3-1-2-8-18-9/h4-5,9,17H,1-3,6-8,16H2. The molecule has 2 rings (SSSR count). The Hall–Kier alpha value is -1.36. The zero-order valence-electron chi connectivity index (χ0n) is 10.2. The number of benzene rings is 1. The highest BCUT2D eigenvalue weighted by Gasteiger charge is 2.15. The van der Waals surface area contributed by atoms with Crippen LogP contribution in [0.2, 0.25) is 0 Å². The van der Waals surface area contributed by atoms with Crippen molar-refractivity contribution in [2.24, 2.45) is 0 Å². The minimum absolute atomic E-state index is 0.0470. The molecule has 18 heavy (non-hydrogen) atoms. The fraction of sp³-hybridized carbons (Fsp3) is 0.538. The lowest BCUT2D eigenvalue weighted by Crippen LogP contribution is -2.22. The number of hydrogen-bond acceptors (Lipinski definition) is 3. The minimum atomic E-state index is -0.917. The largest absolute Gasteiger partial charge is 0.397 e. The molecule has 0 spiro atoms. The fourth-order valence-electron chi connectivity index (χ4n) is 2.14. The molecule has 1 aliphatic rings. The molecule has 0 radical (unpaired) electrons. The molecule has 1 fully saturated rings. The van der Waals surface area contributed by atoms with Crippen LogP contribution >= 0.6 is 0 Å². The van der Waals surface area contributed by atoms with E-state index < -0.39 is 11.6 Å². The average molecular weight is 256 g/mol. The second-order valence-corrected chi connectivity index (χ2v) is 4.53. The second-order valence-electron chi connectivity index (χ2n) is 4.53. The van der Waals surface area contributed by atoms with E-state index in [1.807, 2.05) is 0 Å². The van der Waals surface area contributed by atoms with Crippen LogP contribution in [-0.4, -0.2) is 19.3 Å². The molecule has 1 atom stereocenters. The van der Waals surface area contributed by atoms with Crippen LogP contribution in [0.4, 0.5) is 20.2 Å². The SMILES string of the molecule is Nc1ccc(F)c(F)c1NCCC1CCCCO1. The molecule has 0 aromatic heterocycles. The molecule has 5 heteroatoms. The maximum absolute atomic E-state index is 13.5. The predicted octanol–water partition coefficient (Wildman–Crippen LogP) is 2.92. The van der Waals surface area contributed by atoms with Crippen molar-refractivity contribution in [2.75, 3.05) is 24.2 Å². The third-order valence-corrected chi connectivity index (χ3v) is 3.17. The lowest BCUT2D eigenvalue weighted by atomic mass is 10.1. The Morgan fingerprint density at radius 3 is 2.89 bits per heavy atom. The molecule has 1 aromatic rings. The van der Waals surface area contributed by atoms with Gasteiger partial charge in [-0.15, -0.1) is 0 Å². The Morgan fingerprint density at radius 2 is 2.17 bits per heavy atom. The number of nitrogens with two attached hydrogens (primary N) is 1. The van der Waals surface area contributed by atoms with Crippen molar-refractivity contribution in [2.45, 2.75) is 31.8 Å². The number of nitrogens with one attached hydrogen (secondary N) is 1.